The van der Waals surface area contributed by atoms with Crippen LogP contribution in [0.15, 0.2) is 33.0 Å². The second-order valence-corrected chi connectivity index (χ2v) is 10.6. The van der Waals surface area contributed by atoms with E-state index in [0.717, 1.165) is 51.2 Å². The molecule has 2 aliphatic rings. The van der Waals surface area contributed by atoms with Crippen LogP contribution < -0.4 is 20.5 Å². The van der Waals surface area contributed by atoms with E-state index in [1.807, 2.05) is 12.1 Å². The second-order valence-electron chi connectivity index (χ2n) is 8.70. The van der Waals surface area contributed by atoms with Crippen molar-refractivity contribution in [3.8, 4) is 11.5 Å². The predicted molar refractivity (Wildman–Crippen MR) is 128 cm³/mol. The van der Waals surface area contributed by atoms with Crippen LogP contribution in [0.2, 0.25) is 0 Å². The second kappa shape index (κ2) is 9.07. The molecule has 0 radical (unpaired) electrons. The number of hydrogen-bond donors (Lipinski definition) is 2. The predicted octanol–water partition coefficient (Wildman–Crippen LogP) is 4.47. The summed E-state index contributed by atoms with van der Waals surface area (Å²) in [5.41, 5.74) is 7.57. The van der Waals surface area contributed by atoms with Gasteiger partial charge in [0.2, 0.25) is 6.79 Å². The van der Waals surface area contributed by atoms with Gasteiger partial charge in [0.25, 0.3) is 0 Å². The lowest BCUT2D eigenvalue weighted by molar-refractivity contribution is 0.174. The fraction of sp³-hybridized carbons (Fsp3) is 0.500. The molecule has 1 aromatic carbocycles. The Hall–Kier alpha value is -2.04. The van der Waals surface area contributed by atoms with Crippen molar-refractivity contribution in [1.82, 2.24) is 24.8 Å². The van der Waals surface area contributed by atoms with Crippen LogP contribution in [0.3, 0.4) is 0 Å². The van der Waals surface area contributed by atoms with Crippen molar-refractivity contribution in [2.45, 2.75) is 55.7 Å². The molecule has 2 atom stereocenters. The quantitative estimate of drug-likeness (QED) is 0.493. The molecule has 8 nitrogen and oxygen atoms in total. The van der Waals surface area contributed by atoms with Crippen LogP contribution >= 0.6 is 27.7 Å². The highest BCUT2D eigenvalue weighted by Crippen LogP contribution is 2.43. The van der Waals surface area contributed by atoms with Crippen LogP contribution in [0.1, 0.15) is 33.1 Å². The average Bonchev–Trinajstić information content (AvgIpc) is 3.37. The molecule has 2 aliphatic heterocycles. The molecule has 2 unspecified atom stereocenters. The number of benzene rings is 1. The number of imidazole rings is 1. The molecular weight excluding hydrogens is 492 g/mol. The number of fused-ring (bicyclic) bond motifs is 2. The van der Waals surface area contributed by atoms with E-state index in [4.69, 9.17) is 20.2 Å². The molecule has 0 bridgehead atoms. The number of piperidine rings is 1. The molecule has 0 aliphatic carbocycles. The Balaban J connectivity index is 1.43. The third kappa shape index (κ3) is 4.27. The lowest BCUT2D eigenvalue weighted by atomic mass is 9.85. The number of aromatic nitrogens is 4. The van der Waals surface area contributed by atoms with Gasteiger partial charge in [-0.3, -0.25) is 0 Å². The highest BCUT2D eigenvalue weighted by molar-refractivity contribution is 9.10. The Labute approximate surface area is 199 Å². The zero-order valence-corrected chi connectivity index (χ0v) is 20.6. The number of nitrogens with zero attached hydrogens (tertiary/aromatic N) is 4. The van der Waals surface area contributed by atoms with Gasteiger partial charge in [0.1, 0.15) is 6.33 Å². The lowest BCUT2D eigenvalue weighted by Gasteiger charge is -2.33. The Kier molecular flexibility index (Phi) is 6.18. The van der Waals surface area contributed by atoms with Gasteiger partial charge in [-0.15, -0.1) is 0 Å². The van der Waals surface area contributed by atoms with Crippen LogP contribution in [-0.4, -0.2) is 38.9 Å². The normalized spacial score (nSPS) is 20.4. The molecule has 2 aromatic heterocycles. The van der Waals surface area contributed by atoms with Crippen molar-refractivity contribution < 1.29 is 9.47 Å². The highest BCUT2D eigenvalue weighted by Gasteiger charge is 2.25. The average molecular weight is 519 g/mol. The van der Waals surface area contributed by atoms with E-state index >= 15 is 0 Å². The monoisotopic (exact) mass is 518 g/mol. The number of nitrogens with one attached hydrogen (secondary N) is 1. The van der Waals surface area contributed by atoms with Crippen LogP contribution in [0.5, 0.6) is 11.5 Å². The Bertz CT molecular complexity index is 1140. The van der Waals surface area contributed by atoms with Gasteiger partial charge in [0.05, 0.1) is 0 Å². The molecule has 32 heavy (non-hydrogen) atoms. The van der Waals surface area contributed by atoms with Gasteiger partial charge < -0.3 is 25.1 Å². The number of halogens is 1. The third-order valence-electron chi connectivity index (χ3n) is 6.27. The van der Waals surface area contributed by atoms with Gasteiger partial charge in [0, 0.05) is 22.0 Å². The molecule has 0 spiro atoms. The summed E-state index contributed by atoms with van der Waals surface area (Å²) in [5, 5.41) is 4.51. The number of hydrogen-bond acceptors (Lipinski definition) is 8. The van der Waals surface area contributed by atoms with Crippen molar-refractivity contribution >= 4 is 44.7 Å². The van der Waals surface area contributed by atoms with Crippen molar-refractivity contribution in [2.24, 2.45) is 11.8 Å². The van der Waals surface area contributed by atoms with Crippen LogP contribution in [0, 0.1) is 11.8 Å². The molecule has 0 amide bonds. The molecule has 1 saturated heterocycles. The first-order chi connectivity index (χ1) is 15.5. The number of aryl methyl sites for hydroxylation is 1. The topological polar surface area (TPSA) is 100 Å². The van der Waals surface area contributed by atoms with Crippen LogP contribution in [0.4, 0.5) is 5.82 Å². The molecular formula is C22H27BrN6O2S. The van der Waals surface area contributed by atoms with Gasteiger partial charge in [-0.25, -0.2) is 15.0 Å². The van der Waals surface area contributed by atoms with Crippen LogP contribution in [0.25, 0.3) is 11.2 Å². The van der Waals surface area contributed by atoms with Gasteiger partial charge in [0.15, 0.2) is 33.6 Å². The van der Waals surface area contributed by atoms with E-state index in [1.165, 1.54) is 19.2 Å². The highest BCUT2D eigenvalue weighted by atomic mass is 79.9. The molecule has 10 heteroatoms. The Morgan fingerprint density at radius 3 is 2.91 bits per heavy atom. The van der Waals surface area contributed by atoms with E-state index in [1.54, 1.807) is 11.8 Å². The first-order valence-electron chi connectivity index (χ1n) is 11.0. The summed E-state index contributed by atoms with van der Waals surface area (Å²) in [5.74, 6) is 3.22. The van der Waals surface area contributed by atoms with Crippen molar-refractivity contribution in [3.05, 3.63) is 22.9 Å². The molecule has 4 heterocycles. The fourth-order valence-corrected chi connectivity index (χ4v) is 5.91. The van der Waals surface area contributed by atoms with E-state index < -0.39 is 0 Å². The van der Waals surface area contributed by atoms with Crippen molar-refractivity contribution in [1.29, 1.82) is 0 Å². The molecule has 1 fully saturated rings. The molecule has 3 N–H and O–H groups in total. The van der Waals surface area contributed by atoms with E-state index in [-0.39, 0.29) is 6.79 Å². The number of nitrogens with two attached hydrogens (primary N) is 1. The van der Waals surface area contributed by atoms with Gasteiger partial charge in [-0.1, -0.05) is 25.6 Å². The number of rotatable bonds is 6. The summed E-state index contributed by atoms with van der Waals surface area (Å²) >= 11 is 5.23. The maximum atomic E-state index is 6.14. The maximum absolute atomic E-state index is 6.14. The van der Waals surface area contributed by atoms with E-state index in [2.05, 4.69) is 49.6 Å². The summed E-state index contributed by atoms with van der Waals surface area (Å²) in [6, 6.07) is 4.51. The zero-order valence-electron chi connectivity index (χ0n) is 18.2. The lowest BCUT2D eigenvalue weighted by Crippen LogP contribution is -2.41. The Morgan fingerprint density at radius 1 is 1.28 bits per heavy atom. The molecule has 3 aromatic rings. The Morgan fingerprint density at radius 2 is 2.09 bits per heavy atom. The number of nitrogen functional groups attached to an aromatic ring is 1. The summed E-state index contributed by atoms with van der Waals surface area (Å²) in [7, 11) is 0. The fourth-order valence-electron chi connectivity index (χ4n) is 4.40. The van der Waals surface area contributed by atoms with E-state index in [0.29, 0.717) is 29.2 Å². The summed E-state index contributed by atoms with van der Waals surface area (Å²) < 4.78 is 14.2. The first kappa shape index (κ1) is 21.8. The van der Waals surface area contributed by atoms with E-state index in [9.17, 15) is 0 Å². The largest absolute Gasteiger partial charge is 0.454 e. The van der Waals surface area contributed by atoms with Crippen molar-refractivity contribution in [2.75, 3.05) is 19.1 Å². The SMILES string of the molecule is CC(C)C1CC(CCn2c(Sc3cc4c(cc3Br)OCO4)nc3c(N)ncnc32)CCN1. The number of ether oxygens (including phenoxy) is 2. The maximum Gasteiger partial charge on any atom is 0.231 e. The minimum atomic E-state index is 0.244. The van der Waals surface area contributed by atoms with Crippen LogP contribution in [-0.2, 0) is 6.54 Å². The minimum absolute atomic E-state index is 0.244. The zero-order chi connectivity index (χ0) is 22.2. The van der Waals surface area contributed by atoms with Gasteiger partial charge >= 0.3 is 0 Å². The summed E-state index contributed by atoms with van der Waals surface area (Å²) in [6.45, 7) is 6.75. The summed E-state index contributed by atoms with van der Waals surface area (Å²) in [6.07, 6.45) is 5.00. The first-order valence-corrected chi connectivity index (χ1v) is 12.6. The molecule has 5 rings (SSSR count). The minimum Gasteiger partial charge on any atom is -0.454 e. The van der Waals surface area contributed by atoms with Gasteiger partial charge in [-0.05, 0) is 65.7 Å². The smallest absolute Gasteiger partial charge is 0.231 e. The standard InChI is InChI=1S/C22H27BrN6O2S/c1-12(2)15-7-13(3-5-25-15)4-6-29-21-19(20(24)26-10-27-21)28-22(29)32-18-9-17-16(8-14(18)23)30-11-31-17/h8-10,12-13,15,25H,3-7,11H2,1-2H3,(H2,24,26,27). The summed E-state index contributed by atoms with van der Waals surface area (Å²) in [4.78, 5) is 14.5. The third-order valence-corrected chi connectivity index (χ3v) is 8.24. The van der Waals surface area contributed by atoms with Gasteiger partial charge in [-0.2, -0.15) is 0 Å². The van der Waals surface area contributed by atoms with Crippen molar-refractivity contribution in [3.63, 3.8) is 0 Å². The molecule has 0 saturated carbocycles. The number of anilines is 1. The molecule has 170 valence electrons.